The highest BCUT2D eigenvalue weighted by Gasteiger charge is 2.27. The van der Waals surface area contributed by atoms with Gasteiger partial charge in [-0.2, -0.15) is 0 Å². The Bertz CT molecular complexity index is 614. The van der Waals surface area contributed by atoms with E-state index in [2.05, 4.69) is 10.6 Å². The molecule has 0 fully saturated rings. The second-order valence-corrected chi connectivity index (χ2v) is 6.08. The fourth-order valence-corrected chi connectivity index (χ4v) is 3.69. The highest BCUT2D eigenvalue weighted by Crippen LogP contribution is 2.38. The number of hydrogen-bond acceptors (Lipinski definition) is 6. The molecule has 23 heavy (non-hydrogen) atoms. The lowest BCUT2D eigenvalue weighted by Crippen LogP contribution is -2.37. The summed E-state index contributed by atoms with van der Waals surface area (Å²) in [5, 5.41) is 13.7. The monoisotopic (exact) mass is 341 g/mol. The summed E-state index contributed by atoms with van der Waals surface area (Å²) >= 11 is 1.29. The second-order valence-electron chi connectivity index (χ2n) is 4.97. The largest absolute Gasteiger partial charge is 0.394 e. The van der Waals surface area contributed by atoms with E-state index in [1.54, 1.807) is 0 Å². The molecule has 2 rings (SSSR count). The lowest BCUT2D eigenvalue weighted by Gasteiger charge is -2.07. The van der Waals surface area contributed by atoms with E-state index in [4.69, 9.17) is 15.6 Å². The van der Waals surface area contributed by atoms with Gasteiger partial charge in [-0.1, -0.05) is 0 Å². The van der Waals surface area contributed by atoms with E-state index in [1.165, 1.54) is 11.3 Å². The molecule has 8 nitrogen and oxygen atoms in total. The maximum atomic E-state index is 11.9. The minimum Gasteiger partial charge on any atom is -0.394 e. The number of amides is 3. The molecule has 0 unspecified atom stereocenters. The van der Waals surface area contributed by atoms with Gasteiger partial charge in [0, 0.05) is 11.4 Å². The number of ether oxygens (including phenoxy) is 1. The van der Waals surface area contributed by atoms with Gasteiger partial charge in [-0.15, -0.1) is 11.3 Å². The highest BCUT2D eigenvalue weighted by molar-refractivity contribution is 7.17. The Morgan fingerprint density at radius 2 is 2.00 bits per heavy atom. The zero-order valence-electron chi connectivity index (χ0n) is 12.5. The zero-order chi connectivity index (χ0) is 16.8. The van der Waals surface area contributed by atoms with Gasteiger partial charge in [0.05, 0.1) is 25.4 Å². The minimum atomic E-state index is -0.852. The SMILES string of the molecule is NC(=O)c1c(NC(=O)C(=O)NCCOCCO)sc2c1CCC2. The summed E-state index contributed by atoms with van der Waals surface area (Å²) in [6.45, 7) is 0.410. The predicted molar refractivity (Wildman–Crippen MR) is 84.4 cm³/mol. The van der Waals surface area contributed by atoms with E-state index < -0.39 is 17.7 Å². The van der Waals surface area contributed by atoms with E-state index >= 15 is 0 Å². The van der Waals surface area contributed by atoms with Crippen molar-refractivity contribution in [2.45, 2.75) is 19.3 Å². The Balaban J connectivity index is 1.93. The number of fused-ring (bicyclic) bond motifs is 1. The fraction of sp³-hybridized carbons (Fsp3) is 0.500. The van der Waals surface area contributed by atoms with Crippen LogP contribution in [0.3, 0.4) is 0 Å². The van der Waals surface area contributed by atoms with Gasteiger partial charge >= 0.3 is 11.8 Å². The summed E-state index contributed by atoms with van der Waals surface area (Å²) in [6, 6.07) is 0. The van der Waals surface area contributed by atoms with E-state index in [9.17, 15) is 14.4 Å². The van der Waals surface area contributed by atoms with Crippen molar-refractivity contribution in [3.63, 3.8) is 0 Å². The third kappa shape index (κ3) is 4.27. The molecule has 0 spiro atoms. The molecule has 1 aromatic heterocycles. The van der Waals surface area contributed by atoms with Crippen LogP contribution in [-0.4, -0.2) is 49.2 Å². The molecule has 1 aliphatic rings. The van der Waals surface area contributed by atoms with Crippen LogP contribution in [0, 0.1) is 0 Å². The van der Waals surface area contributed by atoms with Crippen molar-refractivity contribution in [2.75, 3.05) is 31.7 Å². The Morgan fingerprint density at radius 1 is 1.22 bits per heavy atom. The van der Waals surface area contributed by atoms with Gasteiger partial charge in [0.1, 0.15) is 5.00 Å². The summed E-state index contributed by atoms with van der Waals surface area (Å²) < 4.78 is 4.97. The fourth-order valence-electron chi connectivity index (χ4n) is 2.40. The van der Waals surface area contributed by atoms with Crippen molar-refractivity contribution in [1.29, 1.82) is 0 Å². The lowest BCUT2D eigenvalue weighted by atomic mass is 10.1. The Kier molecular flexibility index (Phi) is 6.08. The summed E-state index contributed by atoms with van der Waals surface area (Å²) in [4.78, 5) is 36.2. The molecule has 0 saturated heterocycles. The van der Waals surface area contributed by atoms with Crippen LogP contribution in [0.2, 0.25) is 0 Å². The van der Waals surface area contributed by atoms with E-state index in [1.807, 2.05) is 0 Å². The van der Waals surface area contributed by atoms with Gasteiger partial charge in [0.2, 0.25) is 0 Å². The molecule has 0 atom stereocenters. The number of nitrogens with one attached hydrogen (secondary N) is 2. The molecule has 3 amide bonds. The average molecular weight is 341 g/mol. The maximum absolute atomic E-state index is 11.9. The van der Waals surface area contributed by atoms with Crippen LogP contribution in [0.1, 0.15) is 27.2 Å². The Hall–Kier alpha value is -1.97. The van der Waals surface area contributed by atoms with Crippen molar-refractivity contribution < 1.29 is 24.2 Å². The number of primary amides is 1. The molecular formula is C14H19N3O5S. The van der Waals surface area contributed by atoms with E-state index in [0.29, 0.717) is 10.6 Å². The summed E-state index contributed by atoms with van der Waals surface area (Å²) in [6.07, 6.45) is 2.57. The Labute approximate surface area is 137 Å². The van der Waals surface area contributed by atoms with Gasteiger partial charge in [0.25, 0.3) is 5.91 Å². The van der Waals surface area contributed by atoms with E-state index in [0.717, 1.165) is 29.7 Å². The zero-order valence-corrected chi connectivity index (χ0v) is 13.3. The van der Waals surface area contributed by atoms with Crippen LogP contribution < -0.4 is 16.4 Å². The van der Waals surface area contributed by atoms with Crippen molar-refractivity contribution >= 4 is 34.1 Å². The lowest BCUT2D eigenvalue weighted by molar-refractivity contribution is -0.136. The Morgan fingerprint density at radius 3 is 2.70 bits per heavy atom. The molecule has 0 saturated carbocycles. The normalized spacial score (nSPS) is 12.7. The first-order valence-electron chi connectivity index (χ1n) is 7.26. The van der Waals surface area contributed by atoms with Crippen molar-refractivity contribution in [1.82, 2.24) is 5.32 Å². The van der Waals surface area contributed by atoms with Crippen LogP contribution >= 0.6 is 11.3 Å². The van der Waals surface area contributed by atoms with Crippen molar-refractivity contribution in [2.24, 2.45) is 5.73 Å². The molecular weight excluding hydrogens is 322 g/mol. The van der Waals surface area contributed by atoms with Crippen LogP contribution in [0.4, 0.5) is 5.00 Å². The summed E-state index contributed by atoms with van der Waals surface area (Å²) in [5.41, 5.74) is 6.59. The van der Waals surface area contributed by atoms with Gasteiger partial charge in [0.15, 0.2) is 0 Å². The van der Waals surface area contributed by atoms with Crippen LogP contribution in [0.25, 0.3) is 0 Å². The van der Waals surface area contributed by atoms with Crippen LogP contribution in [-0.2, 0) is 27.2 Å². The van der Waals surface area contributed by atoms with E-state index in [-0.39, 0.29) is 26.4 Å². The standard InChI is InChI=1S/C14H19N3O5S/c15-11(19)10-8-2-1-3-9(8)23-14(10)17-13(21)12(20)16-4-6-22-7-5-18/h18H,1-7H2,(H2,15,19)(H,16,20)(H,17,21). The third-order valence-corrected chi connectivity index (χ3v) is 4.58. The van der Waals surface area contributed by atoms with Crippen LogP contribution in [0.15, 0.2) is 0 Å². The van der Waals surface area contributed by atoms with Crippen LogP contribution in [0.5, 0.6) is 0 Å². The summed E-state index contributed by atoms with van der Waals surface area (Å²) in [7, 11) is 0. The van der Waals surface area contributed by atoms with Crippen molar-refractivity contribution in [3.05, 3.63) is 16.0 Å². The molecule has 9 heteroatoms. The van der Waals surface area contributed by atoms with Gasteiger partial charge in [-0.05, 0) is 24.8 Å². The molecule has 0 aromatic carbocycles. The van der Waals surface area contributed by atoms with Gasteiger partial charge < -0.3 is 26.2 Å². The number of aliphatic hydroxyl groups is 1. The number of nitrogens with two attached hydrogens (primary N) is 1. The number of aliphatic hydroxyl groups excluding tert-OH is 1. The average Bonchev–Trinajstić information content (AvgIpc) is 3.06. The second kappa shape index (κ2) is 8.04. The molecule has 0 aliphatic heterocycles. The quantitative estimate of drug-likeness (QED) is 0.388. The molecule has 0 bridgehead atoms. The predicted octanol–water partition coefficient (Wildman–Crippen LogP) is -0.601. The first kappa shape index (κ1) is 17.4. The molecule has 126 valence electrons. The maximum Gasteiger partial charge on any atom is 0.314 e. The first-order valence-corrected chi connectivity index (χ1v) is 8.08. The molecule has 1 aliphatic carbocycles. The molecule has 0 radical (unpaired) electrons. The molecule has 5 N–H and O–H groups in total. The number of carbonyl (C=O) groups excluding carboxylic acids is 3. The highest BCUT2D eigenvalue weighted by atomic mass is 32.1. The number of thiophene rings is 1. The first-order chi connectivity index (χ1) is 11.0. The number of aryl methyl sites for hydroxylation is 1. The van der Waals surface area contributed by atoms with Gasteiger partial charge in [-0.3, -0.25) is 14.4 Å². The summed E-state index contributed by atoms with van der Waals surface area (Å²) in [5.74, 6) is -2.27. The topological polar surface area (TPSA) is 131 Å². The number of anilines is 1. The minimum absolute atomic E-state index is 0.104. The smallest absolute Gasteiger partial charge is 0.314 e. The number of hydrogen-bond donors (Lipinski definition) is 4. The van der Waals surface area contributed by atoms with Crippen molar-refractivity contribution in [3.8, 4) is 0 Å². The molecule has 1 heterocycles. The third-order valence-electron chi connectivity index (χ3n) is 3.37. The van der Waals surface area contributed by atoms with Gasteiger partial charge in [-0.25, -0.2) is 0 Å². The number of rotatable bonds is 7. The molecule has 1 aromatic rings. The number of carbonyl (C=O) groups is 3.